The molecule has 4 rings (SSSR count). The molecule has 0 N–H and O–H groups in total. The zero-order valence-electron chi connectivity index (χ0n) is 14.7. The number of nitrogens with zero attached hydrogens (tertiary/aromatic N) is 3. The number of carbonyl (C=O) groups excluding carboxylic acids is 1. The van der Waals surface area contributed by atoms with Gasteiger partial charge in [-0.05, 0) is 35.3 Å². The van der Waals surface area contributed by atoms with E-state index in [1.54, 1.807) is 14.2 Å². The smallest absolute Gasteiger partial charge is 0.161 e. The molecular formula is C19H19N3O3S. The average Bonchev–Trinajstić information content (AvgIpc) is 3.11. The highest BCUT2D eigenvalue weighted by molar-refractivity contribution is 7.11. The van der Waals surface area contributed by atoms with Gasteiger partial charge in [0.15, 0.2) is 11.5 Å². The van der Waals surface area contributed by atoms with Gasteiger partial charge in [-0.3, -0.25) is 9.78 Å². The molecule has 2 aromatic heterocycles. The Morgan fingerprint density at radius 2 is 1.81 bits per heavy atom. The van der Waals surface area contributed by atoms with Crippen LogP contribution in [0.5, 0.6) is 11.5 Å². The summed E-state index contributed by atoms with van der Waals surface area (Å²) in [5, 5.41) is 1.05. The summed E-state index contributed by atoms with van der Waals surface area (Å²) in [6.45, 7) is 1.49. The second kappa shape index (κ2) is 6.92. The normalized spacial score (nSPS) is 14.7. The van der Waals surface area contributed by atoms with Crippen molar-refractivity contribution >= 4 is 33.4 Å². The van der Waals surface area contributed by atoms with Crippen LogP contribution in [-0.2, 0) is 4.79 Å². The van der Waals surface area contributed by atoms with E-state index < -0.39 is 0 Å². The number of aromatic nitrogens is 2. The number of anilines is 1. The zero-order chi connectivity index (χ0) is 18.1. The molecule has 26 heavy (non-hydrogen) atoms. The van der Waals surface area contributed by atoms with Gasteiger partial charge in [-0.25, -0.2) is 0 Å². The van der Waals surface area contributed by atoms with Crippen molar-refractivity contribution in [3.05, 3.63) is 30.5 Å². The summed E-state index contributed by atoms with van der Waals surface area (Å²) in [5.41, 5.74) is 3.74. The van der Waals surface area contributed by atoms with E-state index in [2.05, 4.69) is 14.3 Å². The molecule has 3 heterocycles. The van der Waals surface area contributed by atoms with Gasteiger partial charge in [0.2, 0.25) is 0 Å². The Kier molecular flexibility index (Phi) is 4.46. The first-order valence-corrected chi connectivity index (χ1v) is 9.21. The molecule has 3 aromatic rings. The number of hydrogen-bond acceptors (Lipinski definition) is 7. The van der Waals surface area contributed by atoms with Crippen molar-refractivity contribution in [3.63, 3.8) is 0 Å². The molecule has 7 heteroatoms. The van der Waals surface area contributed by atoms with E-state index in [-0.39, 0.29) is 0 Å². The summed E-state index contributed by atoms with van der Waals surface area (Å²) in [6.07, 6.45) is 3.06. The second-order valence-electron chi connectivity index (χ2n) is 6.17. The Bertz CT molecular complexity index is 960. The van der Waals surface area contributed by atoms with Crippen molar-refractivity contribution < 1.29 is 14.3 Å². The van der Waals surface area contributed by atoms with Gasteiger partial charge in [-0.1, -0.05) is 6.07 Å². The fourth-order valence-electron chi connectivity index (χ4n) is 3.16. The van der Waals surface area contributed by atoms with Crippen LogP contribution in [0.2, 0.25) is 0 Å². The van der Waals surface area contributed by atoms with Crippen molar-refractivity contribution in [2.45, 2.75) is 12.8 Å². The van der Waals surface area contributed by atoms with Crippen molar-refractivity contribution in [2.24, 2.45) is 0 Å². The first kappa shape index (κ1) is 16.8. The van der Waals surface area contributed by atoms with Crippen molar-refractivity contribution in [1.29, 1.82) is 0 Å². The third kappa shape index (κ3) is 2.99. The average molecular weight is 369 g/mol. The lowest BCUT2D eigenvalue weighted by molar-refractivity contribution is -0.119. The molecule has 6 nitrogen and oxygen atoms in total. The van der Waals surface area contributed by atoms with Gasteiger partial charge in [0, 0.05) is 37.7 Å². The highest BCUT2D eigenvalue weighted by Crippen LogP contribution is 2.35. The molecule has 0 bridgehead atoms. The fraction of sp³-hybridized carbons (Fsp3) is 0.316. The van der Waals surface area contributed by atoms with Crippen LogP contribution in [-0.4, -0.2) is 42.4 Å². The van der Waals surface area contributed by atoms with E-state index in [1.807, 2.05) is 30.5 Å². The maximum atomic E-state index is 11.5. The minimum atomic E-state index is 0.332. The topological polar surface area (TPSA) is 64.5 Å². The number of ether oxygens (including phenoxy) is 2. The Balaban J connectivity index is 1.68. The van der Waals surface area contributed by atoms with E-state index >= 15 is 0 Å². The summed E-state index contributed by atoms with van der Waals surface area (Å²) >= 11 is 1.45. The van der Waals surface area contributed by atoms with Gasteiger partial charge >= 0.3 is 0 Å². The molecule has 0 amide bonds. The number of ketones is 1. The number of benzene rings is 1. The number of hydrogen-bond donors (Lipinski definition) is 0. The van der Waals surface area contributed by atoms with Gasteiger partial charge in [0.1, 0.15) is 21.8 Å². The lowest BCUT2D eigenvalue weighted by atomic mass is 10.1. The van der Waals surface area contributed by atoms with Crippen LogP contribution in [0.15, 0.2) is 30.5 Å². The predicted molar refractivity (Wildman–Crippen MR) is 102 cm³/mol. The minimum absolute atomic E-state index is 0.332. The Morgan fingerprint density at radius 1 is 1.04 bits per heavy atom. The van der Waals surface area contributed by atoms with Gasteiger partial charge in [0.25, 0.3) is 0 Å². The molecule has 0 unspecified atom stereocenters. The molecule has 0 saturated carbocycles. The van der Waals surface area contributed by atoms with Crippen molar-refractivity contribution in [1.82, 2.24) is 9.36 Å². The van der Waals surface area contributed by atoms with Crippen LogP contribution in [0.25, 0.3) is 22.2 Å². The first-order chi connectivity index (χ1) is 12.7. The molecule has 1 saturated heterocycles. The van der Waals surface area contributed by atoms with E-state index in [0.717, 1.165) is 40.3 Å². The first-order valence-electron chi connectivity index (χ1n) is 8.44. The molecule has 0 aliphatic carbocycles. The predicted octanol–water partition coefficient (Wildman–Crippen LogP) is 3.54. The van der Waals surface area contributed by atoms with Gasteiger partial charge < -0.3 is 14.4 Å². The SMILES string of the molecule is COc1ccc(-c2cnc3c(N4CCC(=O)CC4)snc3c2)cc1OC. The number of piperidine rings is 1. The van der Waals surface area contributed by atoms with Gasteiger partial charge in [0.05, 0.1) is 14.2 Å². The Labute approximate surface area is 155 Å². The maximum Gasteiger partial charge on any atom is 0.161 e. The highest BCUT2D eigenvalue weighted by atomic mass is 32.1. The van der Waals surface area contributed by atoms with Crippen molar-refractivity contribution in [2.75, 3.05) is 32.2 Å². The number of methoxy groups -OCH3 is 2. The standard InChI is InChI=1S/C19H19N3O3S/c1-24-16-4-3-12(10-17(16)25-2)13-9-15-18(20-11-13)19(26-21-15)22-7-5-14(23)6-8-22/h3-4,9-11H,5-8H2,1-2H3. The van der Waals surface area contributed by atoms with Crippen LogP contribution in [0, 0.1) is 0 Å². The third-order valence-corrected chi connectivity index (χ3v) is 5.54. The van der Waals surface area contributed by atoms with E-state index in [1.165, 1.54) is 11.5 Å². The number of fused-ring (bicyclic) bond motifs is 1. The zero-order valence-corrected chi connectivity index (χ0v) is 15.5. The molecule has 1 aliphatic rings. The summed E-state index contributed by atoms with van der Waals surface area (Å²) in [4.78, 5) is 18.3. The monoisotopic (exact) mass is 369 g/mol. The summed E-state index contributed by atoms with van der Waals surface area (Å²) in [7, 11) is 3.25. The van der Waals surface area contributed by atoms with Gasteiger partial charge in [-0.2, -0.15) is 4.37 Å². The Morgan fingerprint density at radius 3 is 2.54 bits per heavy atom. The fourth-order valence-corrected chi connectivity index (χ4v) is 4.03. The van der Waals surface area contributed by atoms with Crippen LogP contribution >= 0.6 is 11.5 Å². The summed E-state index contributed by atoms with van der Waals surface area (Å²) in [5.74, 6) is 1.71. The molecule has 0 radical (unpaired) electrons. The van der Waals surface area contributed by atoms with E-state index in [9.17, 15) is 4.79 Å². The molecule has 1 aromatic carbocycles. The lowest BCUT2D eigenvalue weighted by Crippen LogP contribution is -2.33. The maximum absolute atomic E-state index is 11.5. The van der Waals surface area contributed by atoms with Crippen LogP contribution < -0.4 is 14.4 Å². The molecule has 134 valence electrons. The molecule has 0 atom stereocenters. The molecule has 1 aliphatic heterocycles. The van der Waals surface area contributed by atoms with Crippen LogP contribution in [0.4, 0.5) is 5.00 Å². The molecule has 0 spiro atoms. The number of rotatable bonds is 4. The third-order valence-electron chi connectivity index (χ3n) is 4.63. The largest absolute Gasteiger partial charge is 0.493 e. The number of pyridine rings is 1. The minimum Gasteiger partial charge on any atom is -0.493 e. The van der Waals surface area contributed by atoms with E-state index in [4.69, 9.17) is 9.47 Å². The number of carbonyl (C=O) groups is 1. The summed E-state index contributed by atoms with van der Waals surface area (Å²) < 4.78 is 15.3. The molecule has 1 fully saturated rings. The lowest BCUT2D eigenvalue weighted by Gasteiger charge is -2.26. The van der Waals surface area contributed by atoms with Crippen LogP contribution in [0.1, 0.15) is 12.8 Å². The van der Waals surface area contributed by atoms with Crippen molar-refractivity contribution in [3.8, 4) is 22.6 Å². The van der Waals surface area contributed by atoms with E-state index in [0.29, 0.717) is 30.1 Å². The second-order valence-corrected chi connectivity index (χ2v) is 6.93. The summed E-state index contributed by atoms with van der Waals surface area (Å²) in [6, 6.07) is 7.84. The molecular weight excluding hydrogens is 350 g/mol. The van der Waals surface area contributed by atoms with Gasteiger partial charge in [-0.15, -0.1) is 0 Å². The number of Topliss-reactive ketones (excluding diaryl/α,β-unsaturated/α-hetero) is 1. The quantitative estimate of drug-likeness (QED) is 0.701. The Hall–Kier alpha value is -2.67. The van der Waals surface area contributed by atoms with Crippen LogP contribution in [0.3, 0.4) is 0 Å². The highest BCUT2D eigenvalue weighted by Gasteiger charge is 2.21.